The smallest absolute Gasteiger partial charge is 0.224 e. The molecular weight excluding hydrogens is 240 g/mol. The number of nitrogens with zero attached hydrogens (tertiary/aromatic N) is 1. The first-order chi connectivity index (χ1) is 9.31. The normalized spacial score (nSPS) is 19.4. The standard InChI is InChI=1S/C15H22N2O2/c1-16-8-7-15(18)17-9-10-19-12-14(17)11-13-5-3-2-4-6-13/h2-6,14,16H,7-12H2,1H3. The molecule has 0 spiro atoms. The highest BCUT2D eigenvalue weighted by atomic mass is 16.5. The summed E-state index contributed by atoms with van der Waals surface area (Å²) in [5.74, 6) is 0.221. The van der Waals surface area contributed by atoms with E-state index in [0.717, 1.165) is 13.0 Å². The molecule has 0 radical (unpaired) electrons. The molecule has 4 nitrogen and oxygen atoms in total. The monoisotopic (exact) mass is 262 g/mol. The van der Waals surface area contributed by atoms with Crippen molar-refractivity contribution in [2.45, 2.75) is 18.9 Å². The lowest BCUT2D eigenvalue weighted by Gasteiger charge is -2.36. The average Bonchev–Trinajstić information content (AvgIpc) is 2.46. The van der Waals surface area contributed by atoms with Crippen molar-refractivity contribution in [2.24, 2.45) is 0 Å². The van der Waals surface area contributed by atoms with Crippen LogP contribution in [-0.2, 0) is 16.0 Å². The number of benzene rings is 1. The van der Waals surface area contributed by atoms with Gasteiger partial charge in [0.15, 0.2) is 0 Å². The molecule has 1 aliphatic heterocycles. The number of hydrogen-bond acceptors (Lipinski definition) is 3. The summed E-state index contributed by atoms with van der Waals surface area (Å²) in [6.45, 7) is 2.73. The largest absolute Gasteiger partial charge is 0.377 e. The first kappa shape index (κ1) is 14.0. The Morgan fingerprint density at radius 2 is 2.21 bits per heavy atom. The first-order valence-corrected chi connectivity index (χ1v) is 6.87. The van der Waals surface area contributed by atoms with Gasteiger partial charge in [-0.2, -0.15) is 0 Å². The zero-order valence-electron chi connectivity index (χ0n) is 11.5. The Morgan fingerprint density at radius 1 is 1.42 bits per heavy atom. The highest BCUT2D eigenvalue weighted by molar-refractivity contribution is 5.76. The highest BCUT2D eigenvalue weighted by Gasteiger charge is 2.26. The molecule has 1 aliphatic rings. The van der Waals surface area contributed by atoms with Crippen molar-refractivity contribution in [2.75, 3.05) is 33.4 Å². The minimum absolute atomic E-state index is 0.167. The van der Waals surface area contributed by atoms with E-state index in [1.165, 1.54) is 5.56 Å². The van der Waals surface area contributed by atoms with Gasteiger partial charge >= 0.3 is 0 Å². The summed E-state index contributed by atoms with van der Waals surface area (Å²) in [4.78, 5) is 14.2. The molecule has 1 aromatic rings. The van der Waals surface area contributed by atoms with Gasteiger partial charge in [0, 0.05) is 19.5 Å². The fraction of sp³-hybridized carbons (Fsp3) is 0.533. The van der Waals surface area contributed by atoms with E-state index in [4.69, 9.17) is 4.74 Å². The van der Waals surface area contributed by atoms with Crippen molar-refractivity contribution in [3.05, 3.63) is 35.9 Å². The van der Waals surface area contributed by atoms with Gasteiger partial charge in [0.25, 0.3) is 0 Å². The zero-order valence-corrected chi connectivity index (χ0v) is 11.5. The fourth-order valence-electron chi connectivity index (χ4n) is 2.41. The molecule has 1 saturated heterocycles. The molecule has 104 valence electrons. The van der Waals surface area contributed by atoms with Gasteiger partial charge in [0.1, 0.15) is 0 Å². The van der Waals surface area contributed by atoms with Crippen LogP contribution in [0.1, 0.15) is 12.0 Å². The van der Waals surface area contributed by atoms with Crippen LogP contribution in [0.3, 0.4) is 0 Å². The van der Waals surface area contributed by atoms with Gasteiger partial charge in [-0.3, -0.25) is 4.79 Å². The molecule has 1 unspecified atom stereocenters. The number of nitrogens with one attached hydrogen (secondary N) is 1. The lowest BCUT2D eigenvalue weighted by atomic mass is 10.0. The van der Waals surface area contributed by atoms with E-state index < -0.39 is 0 Å². The Labute approximate surface area is 114 Å². The molecule has 0 bridgehead atoms. The van der Waals surface area contributed by atoms with Crippen LogP contribution < -0.4 is 5.32 Å². The second kappa shape index (κ2) is 7.26. The maximum absolute atomic E-state index is 12.2. The van der Waals surface area contributed by atoms with Gasteiger partial charge in [0.2, 0.25) is 5.91 Å². The van der Waals surface area contributed by atoms with Crippen molar-refractivity contribution >= 4 is 5.91 Å². The summed E-state index contributed by atoms with van der Waals surface area (Å²) in [7, 11) is 1.87. The van der Waals surface area contributed by atoms with E-state index in [1.807, 2.05) is 30.1 Å². The topological polar surface area (TPSA) is 41.6 Å². The lowest BCUT2D eigenvalue weighted by molar-refractivity contribution is -0.139. The third-order valence-corrected chi connectivity index (χ3v) is 3.45. The number of carbonyl (C=O) groups is 1. The fourth-order valence-corrected chi connectivity index (χ4v) is 2.41. The quantitative estimate of drug-likeness (QED) is 0.863. The summed E-state index contributed by atoms with van der Waals surface area (Å²) < 4.78 is 5.53. The summed E-state index contributed by atoms with van der Waals surface area (Å²) in [6, 6.07) is 10.4. The molecule has 2 rings (SSSR count). The molecule has 1 amide bonds. The molecule has 1 fully saturated rings. The summed E-state index contributed by atoms with van der Waals surface area (Å²) in [6.07, 6.45) is 1.42. The third-order valence-electron chi connectivity index (χ3n) is 3.45. The maximum atomic E-state index is 12.2. The Kier molecular flexibility index (Phi) is 5.36. The molecule has 1 aromatic carbocycles. The van der Waals surface area contributed by atoms with E-state index in [9.17, 15) is 4.79 Å². The predicted molar refractivity (Wildman–Crippen MR) is 75.0 cm³/mol. The van der Waals surface area contributed by atoms with Crippen molar-refractivity contribution in [3.63, 3.8) is 0 Å². The maximum Gasteiger partial charge on any atom is 0.224 e. The van der Waals surface area contributed by atoms with Crippen LogP contribution in [0.15, 0.2) is 30.3 Å². The van der Waals surface area contributed by atoms with Crippen LogP contribution >= 0.6 is 0 Å². The van der Waals surface area contributed by atoms with E-state index in [0.29, 0.717) is 26.2 Å². The molecule has 0 aromatic heterocycles. The first-order valence-electron chi connectivity index (χ1n) is 6.87. The minimum atomic E-state index is 0.167. The number of ether oxygens (including phenoxy) is 1. The number of amides is 1. The molecule has 1 atom stereocenters. The van der Waals surface area contributed by atoms with Gasteiger partial charge in [-0.05, 0) is 19.0 Å². The Bertz CT molecular complexity index is 394. The van der Waals surface area contributed by atoms with Crippen LogP contribution in [0.2, 0.25) is 0 Å². The molecular formula is C15H22N2O2. The SMILES string of the molecule is CNCCC(=O)N1CCOCC1Cc1ccccc1. The van der Waals surface area contributed by atoms with Gasteiger partial charge in [-0.25, -0.2) is 0 Å². The zero-order chi connectivity index (χ0) is 13.5. The van der Waals surface area contributed by atoms with E-state index in [1.54, 1.807) is 0 Å². The van der Waals surface area contributed by atoms with Crippen LogP contribution in [-0.4, -0.2) is 50.2 Å². The van der Waals surface area contributed by atoms with E-state index >= 15 is 0 Å². The average molecular weight is 262 g/mol. The summed E-state index contributed by atoms with van der Waals surface area (Å²) in [5, 5.41) is 3.02. The van der Waals surface area contributed by atoms with Gasteiger partial charge in [-0.15, -0.1) is 0 Å². The predicted octanol–water partition coefficient (Wildman–Crippen LogP) is 1.07. The van der Waals surface area contributed by atoms with Crippen LogP contribution in [0.5, 0.6) is 0 Å². The molecule has 1 heterocycles. The Balaban J connectivity index is 1.97. The van der Waals surface area contributed by atoms with Crippen molar-refractivity contribution in [1.29, 1.82) is 0 Å². The number of carbonyl (C=O) groups excluding carboxylic acids is 1. The number of morpholine rings is 1. The Morgan fingerprint density at radius 3 is 2.95 bits per heavy atom. The van der Waals surface area contributed by atoms with E-state index in [-0.39, 0.29) is 11.9 Å². The summed E-state index contributed by atoms with van der Waals surface area (Å²) >= 11 is 0. The van der Waals surface area contributed by atoms with Gasteiger partial charge < -0.3 is 15.0 Å². The summed E-state index contributed by atoms with van der Waals surface area (Å²) in [5.41, 5.74) is 1.25. The van der Waals surface area contributed by atoms with Gasteiger partial charge in [-0.1, -0.05) is 30.3 Å². The van der Waals surface area contributed by atoms with Crippen LogP contribution in [0, 0.1) is 0 Å². The van der Waals surface area contributed by atoms with Crippen molar-refractivity contribution < 1.29 is 9.53 Å². The van der Waals surface area contributed by atoms with Crippen molar-refractivity contribution in [1.82, 2.24) is 10.2 Å². The van der Waals surface area contributed by atoms with Crippen LogP contribution in [0.4, 0.5) is 0 Å². The molecule has 0 saturated carbocycles. The number of hydrogen-bond donors (Lipinski definition) is 1. The van der Waals surface area contributed by atoms with Crippen molar-refractivity contribution in [3.8, 4) is 0 Å². The van der Waals surface area contributed by atoms with E-state index in [2.05, 4.69) is 17.4 Å². The van der Waals surface area contributed by atoms with Crippen LogP contribution in [0.25, 0.3) is 0 Å². The third kappa shape index (κ3) is 4.04. The molecule has 19 heavy (non-hydrogen) atoms. The second-order valence-corrected chi connectivity index (χ2v) is 4.86. The van der Waals surface area contributed by atoms with Gasteiger partial charge in [0.05, 0.1) is 19.3 Å². The second-order valence-electron chi connectivity index (χ2n) is 4.86. The molecule has 0 aliphatic carbocycles. The Hall–Kier alpha value is -1.39. The lowest BCUT2D eigenvalue weighted by Crippen LogP contribution is -2.50. The number of rotatable bonds is 5. The molecule has 4 heteroatoms. The minimum Gasteiger partial charge on any atom is -0.377 e. The molecule has 1 N–H and O–H groups in total. The highest BCUT2D eigenvalue weighted by Crippen LogP contribution is 2.14.